The Kier molecular flexibility index (Phi) is 3.88. The Balaban J connectivity index is 2.59. The van der Waals surface area contributed by atoms with Gasteiger partial charge in [0.05, 0.1) is 0 Å². The van der Waals surface area contributed by atoms with Crippen molar-refractivity contribution in [3.05, 3.63) is 29.8 Å². The van der Waals surface area contributed by atoms with Gasteiger partial charge in [-0.15, -0.1) is 0 Å². The molecule has 0 saturated carbocycles. The number of imidazole rings is 1. The number of nitrogens with two attached hydrogens (primary N) is 1. The van der Waals surface area contributed by atoms with E-state index < -0.39 is 0 Å². The lowest BCUT2D eigenvalue weighted by Crippen LogP contribution is -2.09. The molecular weight excluding hydrogens is 236 g/mol. The lowest BCUT2D eigenvalue weighted by molar-refractivity contribution is 0.571. The van der Waals surface area contributed by atoms with Gasteiger partial charge >= 0.3 is 0 Å². The molecule has 0 radical (unpaired) electrons. The number of rotatable bonds is 4. The van der Waals surface area contributed by atoms with Gasteiger partial charge in [0.2, 0.25) is 0 Å². The van der Waals surface area contributed by atoms with Gasteiger partial charge in [0.25, 0.3) is 0 Å². The van der Waals surface area contributed by atoms with Crippen LogP contribution in [0.1, 0.15) is 44.6 Å². The zero-order valence-electron chi connectivity index (χ0n) is 12.1. The van der Waals surface area contributed by atoms with Crippen molar-refractivity contribution in [2.24, 2.45) is 0 Å². The molecule has 2 aromatic rings. The van der Waals surface area contributed by atoms with E-state index in [9.17, 15) is 0 Å². The van der Waals surface area contributed by atoms with Gasteiger partial charge < -0.3 is 10.3 Å². The van der Waals surface area contributed by atoms with Crippen molar-refractivity contribution < 1.29 is 0 Å². The predicted octanol–water partition coefficient (Wildman–Crippen LogP) is 3.37. The van der Waals surface area contributed by atoms with Crippen LogP contribution >= 0.6 is 0 Å². The first-order valence-electron chi connectivity index (χ1n) is 6.83. The Morgan fingerprint density at radius 2 is 2.11 bits per heavy atom. The zero-order chi connectivity index (χ0) is 14.0. The lowest BCUT2D eigenvalue weighted by atomic mass is 10.1. The fraction of sp³-hybridized carbons (Fsp3) is 0.467. The first-order chi connectivity index (χ1) is 9.06. The van der Waals surface area contributed by atoms with E-state index in [2.05, 4.69) is 37.2 Å². The van der Waals surface area contributed by atoms with Crippen molar-refractivity contribution in [3.8, 4) is 11.3 Å². The summed E-state index contributed by atoms with van der Waals surface area (Å²) in [7, 11) is 0. The SMILES string of the molecule is CCCc1nc(-c2cnccc2C)c(N)n1C(C)C. The molecule has 4 heteroatoms. The minimum absolute atomic E-state index is 0.319. The molecular formula is C15H22N4. The maximum atomic E-state index is 6.31. The van der Waals surface area contributed by atoms with Gasteiger partial charge in [-0.05, 0) is 38.8 Å². The van der Waals surface area contributed by atoms with E-state index in [4.69, 9.17) is 10.7 Å². The molecule has 102 valence electrons. The molecule has 0 bridgehead atoms. The second kappa shape index (κ2) is 5.43. The highest BCUT2D eigenvalue weighted by molar-refractivity contribution is 5.73. The first kappa shape index (κ1) is 13.6. The average molecular weight is 258 g/mol. The largest absolute Gasteiger partial charge is 0.383 e. The summed E-state index contributed by atoms with van der Waals surface area (Å²) >= 11 is 0. The second-order valence-electron chi connectivity index (χ2n) is 5.17. The number of hydrogen-bond donors (Lipinski definition) is 1. The second-order valence-corrected chi connectivity index (χ2v) is 5.17. The van der Waals surface area contributed by atoms with Crippen molar-refractivity contribution >= 4 is 5.82 Å². The summed E-state index contributed by atoms with van der Waals surface area (Å²) in [6, 6.07) is 2.31. The van der Waals surface area contributed by atoms with Crippen LogP contribution in [-0.2, 0) is 6.42 Å². The summed E-state index contributed by atoms with van der Waals surface area (Å²) in [6.07, 6.45) is 5.65. The molecule has 0 amide bonds. The highest BCUT2D eigenvalue weighted by atomic mass is 15.2. The topological polar surface area (TPSA) is 56.7 Å². The van der Waals surface area contributed by atoms with E-state index in [1.54, 1.807) is 6.20 Å². The molecule has 0 unspecified atom stereocenters. The smallest absolute Gasteiger partial charge is 0.132 e. The normalized spacial score (nSPS) is 11.2. The van der Waals surface area contributed by atoms with Crippen molar-refractivity contribution in [2.75, 3.05) is 5.73 Å². The minimum Gasteiger partial charge on any atom is -0.383 e. The number of aryl methyl sites for hydroxylation is 2. The molecule has 0 atom stereocenters. The summed E-state index contributed by atoms with van der Waals surface area (Å²) in [5.74, 6) is 1.81. The molecule has 0 aromatic carbocycles. The van der Waals surface area contributed by atoms with Gasteiger partial charge in [0.15, 0.2) is 0 Å². The van der Waals surface area contributed by atoms with Crippen LogP contribution in [0.4, 0.5) is 5.82 Å². The molecule has 0 spiro atoms. The quantitative estimate of drug-likeness (QED) is 0.914. The molecule has 2 heterocycles. The highest BCUT2D eigenvalue weighted by Crippen LogP contribution is 2.30. The van der Waals surface area contributed by atoms with Crippen LogP contribution in [-0.4, -0.2) is 14.5 Å². The van der Waals surface area contributed by atoms with Crippen LogP contribution in [0.3, 0.4) is 0 Å². The van der Waals surface area contributed by atoms with Crippen LogP contribution in [0.5, 0.6) is 0 Å². The Morgan fingerprint density at radius 1 is 1.37 bits per heavy atom. The summed E-state index contributed by atoms with van der Waals surface area (Å²) < 4.78 is 2.13. The van der Waals surface area contributed by atoms with Crippen LogP contribution in [0.15, 0.2) is 18.5 Å². The number of nitrogens with zero attached hydrogens (tertiary/aromatic N) is 3. The molecule has 0 fully saturated rings. The van der Waals surface area contributed by atoms with E-state index in [0.717, 1.165) is 41.3 Å². The third-order valence-corrected chi connectivity index (χ3v) is 3.31. The molecule has 2 N–H and O–H groups in total. The molecule has 0 aliphatic heterocycles. The van der Waals surface area contributed by atoms with Crippen molar-refractivity contribution in [2.45, 2.75) is 46.6 Å². The number of anilines is 1. The van der Waals surface area contributed by atoms with Crippen molar-refractivity contribution in [1.82, 2.24) is 14.5 Å². The minimum atomic E-state index is 0.319. The van der Waals surface area contributed by atoms with Gasteiger partial charge in [-0.1, -0.05) is 6.92 Å². The maximum Gasteiger partial charge on any atom is 0.132 e. The lowest BCUT2D eigenvalue weighted by Gasteiger charge is -2.13. The van der Waals surface area contributed by atoms with E-state index in [0.29, 0.717) is 6.04 Å². The Hall–Kier alpha value is -1.84. The number of hydrogen-bond acceptors (Lipinski definition) is 3. The van der Waals surface area contributed by atoms with Gasteiger partial charge in [-0.25, -0.2) is 4.98 Å². The van der Waals surface area contributed by atoms with Gasteiger partial charge in [-0.2, -0.15) is 0 Å². The molecule has 19 heavy (non-hydrogen) atoms. The fourth-order valence-electron chi connectivity index (χ4n) is 2.38. The average Bonchev–Trinajstić information content (AvgIpc) is 2.67. The van der Waals surface area contributed by atoms with Crippen molar-refractivity contribution in [3.63, 3.8) is 0 Å². The van der Waals surface area contributed by atoms with Gasteiger partial charge in [-0.3, -0.25) is 4.98 Å². The first-order valence-corrected chi connectivity index (χ1v) is 6.83. The van der Waals surface area contributed by atoms with Crippen LogP contribution in [0.25, 0.3) is 11.3 Å². The Bertz CT molecular complexity index is 570. The summed E-state index contributed by atoms with van der Waals surface area (Å²) in [4.78, 5) is 8.94. The van der Waals surface area contributed by atoms with Crippen LogP contribution in [0, 0.1) is 6.92 Å². The molecule has 0 saturated heterocycles. The Labute approximate surface area is 114 Å². The fourth-order valence-corrected chi connectivity index (χ4v) is 2.38. The predicted molar refractivity (Wildman–Crippen MR) is 79.0 cm³/mol. The maximum absolute atomic E-state index is 6.31. The molecule has 2 rings (SSSR count). The van der Waals surface area contributed by atoms with Crippen LogP contribution in [0.2, 0.25) is 0 Å². The van der Waals surface area contributed by atoms with Crippen molar-refractivity contribution in [1.29, 1.82) is 0 Å². The van der Waals surface area contributed by atoms with Gasteiger partial charge in [0, 0.05) is 30.4 Å². The number of nitrogen functional groups attached to an aromatic ring is 1. The standard InChI is InChI=1S/C15H22N4/c1-5-6-13-18-14(15(16)19(13)10(2)3)12-9-17-8-7-11(12)4/h7-10H,5-6,16H2,1-4H3. The van der Waals surface area contributed by atoms with E-state index in [1.807, 2.05) is 12.3 Å². The van der Waals surface area contributed by atoms with E-state index >= 15 is 0 Å². The molecule has 0 aliphatic carbocycles. The summed E-state index contributed by atoms with van der Waals surface area (Å²) in [5.41, 5.74) is 9.35. The molecule has 2 aromatic heterocycles. The summed E-state index contributed by atoms with van der Waals surface area (Å²) in [5, 5.41) is 0. The summed E-state index contributed by atoms with van der Waals surface area (Å²) in [6.45, 7) is 8.49. The van der Waals surface area contributed by atoms with E-state index in [1.165, 1.54) is 0 Å². The number of pyridine rings is 1. The molecule has 4 nitrogen and oxygen atoms in total. The number of aromatic nitrogens is 3. The third-order valence-electron chi connectivity index (χ3n) is 3.31. The van der Waals surface area contributed by atoms with E-state index in [-0.39, 0.29) is 0 Å². The third kappa shape index (κ3) is 2.48. The molecule has 0 aliphatic rings. The monoisotopic (exact) mass is 258 g/mol. The highest BCUT2D eigenvalue weighted by Gasteiger charge is 2.18. The van der Waals surface area contributed by atoms with Gasteiger partial charge in [0.1, 0.15) is 17.3 Å². The zero-order valence-corrected chi connectivity index (χ0v) is 12.1. The Morgan fingerprint density at radius 3 is 2.68 bits per heavy atom. The van der Waals surface area contributed by atoms with Crippen LogP contribution < -0.4 is 5.73 Å².